The Bertz CT molecular complexity index is 813. The molecular weight excluding hydrogens is 394 g/mol. The van der Waals surface area contributed by atoms with Crippen LogP contribution in [-0.2, 0) is 16.1 Å². The van der Waals surface area contributed by atoms with E-state index >= 15 is 0 Å². The SMILES string of the molecule is CCN(CC(=O)NCc1cccs1)C(=O)COc1ccc([N+](=O)[O-])cc1Cl. The Hall–Kier alpha value is -2.65. The molecule has 0 fully saturated rings. The van der Waals surface area contributed by atoms with Crippen molar-refractivity contribution in [2.24, 2.45) is 0 Å². The molecule has 2 rings (SSSR count). The summed E-state index contributed by atoms with van der Waals surface area (Å²) in [4.78, 5) is 36.8. The summed E-state index contributed by atoms with van der Waals surface area (Å²) >= 11 is 7.46. The van der Waals surface area contributed by atoms with Crippen molar-refractivity contribution in [2.45, 2.75) is 13.5 Å². The molecule has 8 nitrogen and oxygen atoms in total. The summed E-state index contributed by atoms with van der Waals surface area (Å²) in [5, 5.41) is 15.4. The minimum absolute atomic E-state index is 0.0359. The molecule has 0 radical (unpaired) electrons. The topological polar surface area (TPSA) is 102 Å². The molecule has 1 heterocycles. The van der Waals surface area contributed by atoms with E-state index in [0.29, 0.717) is 13.1 Å². The van der Waals surface area contributed by atoms with Crippen molar-refractivity contribution in [1.29, 1.82) is 0 Å². The molecule has 1 aromatic heterocycles. The first-order chi connectivity index (χ1) is 12.9. The third kappa shape index (κ3) is 6.22. The Labute approximate surface area is 164 Å². The van der Waals surface area contributed by atoms with E-state index in [2.05, 4.69) is 5.32 Å². The van der Waals surface area contributed by atoms with E-state index < -0.39 is 10.8 Å². The zero-order valence-corrected chi connectivity index (χ0v) is 16.1. The number of nitro groups is 1. The molecule has 1 aromatic carbocycles. The number of benzene rings is 1. The number of rotatable bonds is 9. The second-order valence-corrected chi connectivity index (χ2v) is 6.86. The van der Waals surface area contributed by atoms with Gasteiger partial charge in [-0.05, 0) is 24.4 Å². The van der Waals surface area contributed by atoms with Gasteiger partial charge in [-0.15, -0.1) is 11.3 Å². The number of carbonyl (C=O) groups is 2. The third-order valence-electron chi connectivity index (χ3n) is 3.59. The van der Waals surface area contributed by atoms with Crippen molar-refractivity contribution in [1.82, 2.24) is 10.2 Å². The van der Waals surface area contributed by atoms with E-state index in [9.17, 15) is 19.7 Å². The fourth-order valence-electron chi connectivity index (χ4n) is 2.16. The van der Waals surface area contributed by atoms with E-state index in [1.54, 1.807) is 6.92 Å². The molecule has 0 saturated heterocycles. The van der Waals surface area contributed by atoms with Crippen molar-refractivity contribution in [2.75, 3.05) is 19.7 Å². The lowest BCUT2D eigenvalue weighted by Crippen LogP contribution is -2.42. The van der Waals surface area contributed by atoms with Gasteiger partial charge in [0.15, 0.2) is 6.61 Å². The van der Waals surface area contributed by atoms with E-state index in [-0.39, 0.29) is 35.5 Å². The molecule has 2 amide bonds. The average Bonchev–Trinajstić information content (AvgIpc) is 3.16. The van der Waals surface area contributed by atoms with Crippen LogP contribution in [0.1, 0.15) is 11.8 Å². The quantitative estimate of drug-likeness (QED) is 0.505. The van der Waals surface area contributed by atoms with Crippen LogP contribution in [0.2, 0.25) is 5.02 Å². The van der Waals surface area contributed by atoms with Crippen LogP contribution in [0.15, 0.2) is 35.7 Å². The van der Waals surface area contributed by atoms with E-state index in [1.807, 2.05) is 17.5 Å². The molecule has 0 atom stereocenters. The number of nitro benzene ring substituents is 1. The molecular formula is C17H18ClN3O5S. The first kappa shape index (κ1) is 20.7. The summed E-state index contributed by atoms with van der Waals surface area (Å²) < 4.78 is 5.34. The van der Waals surface area contributed by atoms with Crippen molar-refractivity contribution in [3.63, 3.8) is 0 Å². The molecule has 0 aliphatic carbocycles. The van der Waals surface area contributed by atoms with Gasteiger partial charge in [0.05, 0.1) is 23.0 Å². The van der Waals surface area contributed by atoms with Crippen LogP contribution in [0.25, 0.3) is 0 Å². The monoisotopic (exact) mass is 411 g/mol. The summed E-state index contributed by atoms with van der Waals surface area (Å²) in [6, 6.07) is 7.53. The smallest absolute Gasteiger partial charge is 0.271 e. The molecule has 2 aromatic rings. The highest BCUT2D eigenvalue weighted by atomic mass is 35.5. The third-order valence-corrected chi connectivity index (χ3v) is 4.76. The number of likely N-dealkylation sites (N-methyl/N-ethyl adjacent to an activating group) is 1. The number of non-ortho nitro benzene ring substituents is 1. The number of ether oxygens (including phenoxy) is 1. The predicted molar refractivity (Wildman–Crippen MR) is 102 cm³/mol. The molecule has 0 saturated carbocycles. The number of amides is 2. The van der Waals surface area contributed by atoms with Crippen LogP contribution in [0.4, 0.5) is 5.69 Å². The van der Waals surface area contributed by atoms with E-state index in [4.69, 9.17) is 16.3 Å². The summed E-state index contributed by atoms with van der Waals surface area (Å²) in [5.41, 5.74) is -0.170. The lowest BCUT2D eigenvalue weighted by atomic mass is 10.3. The number of carbonyl (C=O) groups excluding carboxylic acids is 2. The second kappa shape index (κ2) is 9.89. The Balaban J connectivity index is 1.85. The fourth-order valence-corrected chi connectivity index (χ4v) is 3.03. The van der Waals surface area contributed by atoms with Crippen LogP contribution in [0.5, 0.6) is 5.75 Å². The number of hydrogen-bond donors (Lipinski definition) is 1. The lowest BCUT2D eigenvalue weighted by Gasteiger charge is -2.20. The number of halogens is 1. The van der Waals surface area contributed by atoms with E-state index in [1.165, 1.54) is 28.4 Å². The standard InChI is InChI=1S/C17H18ClN3O5S/c1-2-20(10-16(22)19-9-13-4-3-7-27-13)17(23)11-26-15-6-5-12(21(24)25)8-14(15)18/h3-8H,2,9-11H2,1H3,(H,19,22). The summed E-state index contributed by atoms with van der Waals surface area (Å²) in [5.74, 6) is -0.501. The van der Waals surface area contributed by atoms with Gasteiger partial charge in [0.25, 0.3) is 11.6 Å². The normalized spacial score (nSPS) is 10.3. The maximum atomic E-state index is 12.3. The van der Waals surface area contributed by atoms with Crippen LogP contribution in [-0.4, -0.2) is 41.3 Å². The Kier molecular flexibility index (Phi) is 7.56. The molecule has 0 bridgehead atoms. The van der Waals surface area contributed by atoms with Crippen LogP contribution in [0, 0.1) is 10.1 Å². The van der Waals surface area contributed by atoms with Crippen molar-refractivity contribution in [3.05, 3.63) is 55.7 Å². The Morgan fingerprint density at radius 1 is 1.37 bits per heavy atom. The van der Waals surface area contributed by atoms with Crippen LogP contribution >= 0.6 is 22.9 Å². The van der Waals surface area contributed by atoms with Gasteiger partial charge in [0.2, 0.25) is 5.91 Å². The average molecular weight is 412 g/mol. The minimum atomic E-state index is -0.575. The highest BCUT2D eigenvalue weighted by Crippen LogP contribution is 2.28. The summed E-state index contributed by atoms with van der Waals surface area (Å²) in [6.45, 7) is 2.09. The molecule has 0 unspecified atom stereocenters. The molecule has 1 N–H and O–H groups in total. The lowest BCUT2D eigenvalue weighted by molar-refractivity contribution is -0.384. The number of nitrogens with one attached hydrogen (secondary N) is 1. The Morgan fingerprint density at radius 2 is 2.15 bits per heavy atom. The van der Waals surface area contributed by atoms with Crippen molar-refractivity contribution < 1.29 is 19.2 Å². The van der Waals surface area contributed by atoms with E-state index in [0.717, 1.165) is 10.9 Å². The van der Waals surface area contributed by atoms with Gasteiger partial charge in [-0.1, -0.05) is 17.7 Å². The highest BCUT2D eigenvalue weighted by molar-refractivity contribution is 7.09. The zero-order chi connectivity index (χ0) is 19.8. The van der Waals surface area contributed by atoms with Gasteiger partial charge in [-0.2, -0.15) is 0 Å². The molecule has 27 heavy (non-hydrogen) atoms. The van der Waals surface area contributed by atoms with Gasteiger partial charge in [-0.25, -0.2) is 0 Å². The largest absolute Gasteiger partial charge is 0.482 e. The van der Waals surface area contributed by atoms with Gasteiger partial charge in [-0.3, -0.25) is 19.7 Å². The summed E-state index contributed by atoms with van der Waals surface area (Å²) in [7, 11) is 0. The maximum absolute atomic E-state index is 12.3. The summed E-state index contributed by atoms with van der Waals surface area (Å²) in [6.07, 6.45) is 0. The number of nitrogens with zero attached hydrogens (tertiary/aromatic N) is 2. The molecule has 0 aliphatic rings. The molecule has 0 aliphatic heterocycles. The van der Waals surface area contributed by atoms with Crippen molar-refractivity contribution >= 4 is 40.4 Å². The first-order valence-electron chi connectivity index (χ1n) is 8.04. The van der Waals surface area contributed by atoms with Gasteiger partial charge >= 0.3 is 0 Å². The zero-order valence-electron chi connectivity index (χ0n) is 14.5. The van der Waals surface area contributed by atoms with Crippen LogP contribution in [0.3, 0.4) is 0 Å². The Morgan fingerprint density at radius 3 is 2.74 bits per heavy atom. The predicted octanol–water partition coefficient (Wildman–Crippen LogP) is 2.85. The van der Waals surface area contributed by atoms with Crippen molar-refractivity contribution in [3.8, 4) is 5.75 Å². The molecule has 144 valence electrons. The first-order valence-corrected chi connectivity index (χ1v) is 9.30. The molecule has 10 heteroatoms. The van der Waals surface area contributed by atoms with Gasteiger partial charge < -0.3 is 15.0 Å². The number of hydrogen-bond acceptors (Lipinski definition) is 6. The number of thiophene rings is 1. The molecule has 0 spiro atoms. The minimum Gasteiger partial charge on any atom is -0.482 e. The second-order valence-electron chi connectivity index (χ2n) is 5.42. The highest BCUT2D eigenvalue weighted by Gasteiger charge is 2.17. The maximum Gasteiger partial charge on any atom is 0.271 e. The van der Waals surface area contributed by atoms with Crippen LogP contribution < -0.4 is 10.1 Å². The van der Waals surface area contributed by atoms with Gasteiger partial charge in [0, 0.05) is 23.6 Å². The fraction of sp³-hybridized carbons (Fsp3) is 0.294. The van der Waals surface area contributed by atoms with Gasteiger partial charge in [0.1, 0.15) is 5.75 Å².